The third-order valence-electron chi connectivity index (χ3n) is 2.63. The molecule has 0 aromatic carbocycles. The fourth-order valence-electron chi connectivity index (χ4n) is 1.37. The molecule has 0 aliphatic rings. The van der Waals surface area contributed by atoms with Gasteiger partial charge < -0.3 is 9.05 Å². The molecule has 0 rings (SSSR count). The number of ketones is 1. The van der Waals surface area contributed by atoms with Gasteiger partial charge in [-0.1, -0.05) is 13.3 Å². The van der Waals surface area contributed by atoms with Crippen LogP contribution in [0.2, 0.25) is 0 Å². The normalized spacial score (nSPS) is 13.1. The van der Waals surface area contributed by atoms with E-state index in [9.17, 15) is 9.36 Å². The van der Waals surface area contributed by atoms with Crippen molar-refractivity contribution in [3.63, 3.8) is 0 Å². The Morgan fingerprint density at radius 3 is 2.41 bits per heavy atom. The van der Waals surface area contributed by atoms with Crippen LogP contribution in [0.15, 0.2) is 0 Å². The summed E-state index contributed by atoms with van der Waals surface area (Å²) in [6.07, 6.45) is 2.65. The summed E-state index contributed by atoms with van der Waals surface area (Å²) < 4.78 is 21.2. The number of nitrogens with zero attached hydrogens (tertiary/aromatic N) is 1. The fourth-order valence-corrected chi connectivity index (χ4v) is 2.47. The second kappa shape index (κ2) is 8.41. The number of carbonyl (C=O) groups is 1. The van der Waals surface area contributed by atoms with Crippen molar-refractivity contribution in [3.8, 4) is 6.07 Å². The third kappa shape index (κ3) is 6.58. The van der Waals surface area contributed by atoms with E-state index < -0.39 is 7.60 Å². The van der Waals surface area contributed by atoms with Crippen molar-refractivity contribution in [3.05, 3.63) is 0 Å². The molecular weight excluding hydrogens is 241 g/mol. The minimum atomic E-state index is -3.24. The van der Waals surface area contributed by atoms with Crippen molar-refractivity contribution in [2.75, 3.05) is 20.4 Å². The molecule has 0 radical (unpaired) electrons. The minimum absolute atomic E-state index is 0.117. The highest BCUT2D eigenvalue weighted by atomic mass is 31.2. The van der Waals surface area contributed by atoms with Crippen molar-refractivity contribution in [2.24, 2.45) is 5.92 Å². The van der Waals surface area contributed by atoms with Gasteiger partial charge in [-0.15, -0.1) is 0 Å². The van der Waals surface area contributed by atoms with Crippen LogP contribution in [0.5, 0.6) is 0 Å². The number of rotatable bonds is 9. The first-order chi connectivity index (χ1) is 7.99. The zero-order chi connectivity index (χ0) is 13.3. The van der Waals surface area contributed by atoms with Gasteiger partial charge in [-0.25, -0.2) is 0 Å². The van der Waals surface area contributed by atoms with Gasteiger partial charge in [-0.3, -0.25) is 9.36 Å². The zero-order valence-corrected chi connectivity index (χ0v) is 11.5. The number of carbonyl (C=O) groups excluding carboxylic acids is 1. The molecule has 6 heteroatoms. The van der Waals surface area contributed by atoms with Crippen LogP contribution in [0.3, 0.4) is 0 Å². The van der Waals surface area contributed by atoms with Gasteiger partial charge in [0.2, 0.25) is 0 Å². The van der Waals surface area contributed by atoms with Crippen LogP contribution in [0, 0.1) is 17.2 Å². The molecule has 0 aromatic rings. The van der Waals surface area contributed by atoms with Gasteiger partial charge in [0.25, 0.3) is 0 Å². The first kappa shape index (κ1) is 16.3. The molecule has 0 spiro atoms. The van der Waals surface area contributed by atoms with E-state index in [4.69, 9.17) is 14.3 Å². The molecule has 1 unspecified atom stereocenters. The van der Waals surface area contributed by atoms with Gasteiger partial charge in [-0.2, -0.15) is 5.26 Å². The summed E-state index contributed by atoms with van der Waals surface area (Å²) in [5.41, 5.74) is 0. The SMILES string of the molecule is COP(=O)(CC(=O)C(C)CCCCC#N)OC. The number of nitriles is 1. The van der Waals surface area contributed by atoms with Crippen LogP contribution in [0.25, 0.3) is 0 Å². The number of unbranched alkanes of at least 4 members (excludes halogenated alkanes) is 2. The summed E-state index contributed by atoms with van der Waals surface area (Å²) in [4.78, 5) is 11.7. The van der Waals surface area contributed by atoms with E-state index in [1.54, 1.807) is 6.92 Å². The number of hydrogen-bond acceptors (Lipinski definition) is 5. The molecule has 0 N–H and O–H groups in total. The molecule has 17 heavy (non-hydrogen) atoms. The average Bonchev–Trinajstić information content (AvgIpc) is 2.34. The van der Waals surface area contributed by atoms with Crippen LogP contribution >= 0.6 is 7.60 Å². The first-order valence-corrected chi connectivity index (χ1v) is 7.32. The topological polar surface area (TPSA) is 76.4 Å². The van der Waals surface area contributed by atoms with Gasteiger partial charge in [0, 0.05) is 26.6 Å². The Bertz CT molecular complexity index is 316. The molecule has 98 valence electrons. The van der Waals surface area contributed by atoms with Gasteiger partial charge in [0.05, 0.1) is 6.07 Å². The van der Waals surface area contributed by atoms with E-state index in [0.29, 0.717) is 12.8 Å². The van der Waals surface area contributed by atoms with Gasteiger partial charge in [0.15, 0.2) is 0 Å². The Morgan fingerprint density at radius 1 is 1.35 bits per heavy atom. The molecule has 0 saturated carbocycles. The summed E-state index contributed by atoms with van der Waals surface area (Å²) in [7, 11) is -0.692. The third-order valence-corrected chi connectivity index (χ3v) is 4.44. The van der Waals surface area contributed by atoms with Crippen LogP contribution in [0.1, 0.15) is 32.6 Å². The predicted molar refractivity (Wildman–Crippen MR) is 64.7 cm³/mol. The van der Waals surface area contributed by atoms with Gasteiger partial charge in [-0.05, 0) is 12.8 Å². The van der Waals surface area contributed by atoms with Crippen molar-refractivity contribution >= 4 is 13.4 Å². The van der Waals surface area contributed by atoms with E-state index in [1.807, 2.05) is 0 Å². The monoisotopic (exact) mass is 261 g/mol. The molecule has 0 fully saturated rings. The first-order valence-electron chi connectivity index (χ1n) is 5.59. The van der Waals surface area contributed by atoms with Crippen LogP contribution in [-0.2, 0) is 18.4 Å². The maximum atomic E-state index is 11.7. The summed E-state index contributed by atoms with van der Waals surface area (Å²) in [5, 5.41) is 8.37. The minimum Gasteiger partial charge on any atom is -0.312 e. The average molecular weight is 261 g/mol. The van der Waals surface area contributed by atoms with E-state index in [2.05, 4.69) is 6.07 Å². The highest BCUT2D eigenvalue weighted by Gasteiger charge is 2.27. The maximum Gasteiger partial charge on any atom is 0.337 e. The summed E-state index contributed by atoms with van der Waals surface area (Å²) in [6, 6.07) is 2.06. The summed E-state index contributed by atoms with van der Waals surface area (Å²) in [6.45, 7) is 1.80. The highest BCUT2D eigenvalue weighted by molar-refractivity contribution is 7.54. The lowest BCUT2D eigenvalue weighted by atomic mass is 10.00. The second-order valence-electron chi connectivity index (χ2n) is 3.91. The Hall–Kier alpha value is -0.690. The Kier molecular flexibility index (Phi) is 8.07. The summed E-state index contributed by atoms with van der Waals surface area (Å²) >= 11 is 0. The molecule has 0 aliphatic carbocycles. The molecular formula is C11H20NO4P. The molecule has 5 nitrogen and oxygen atoms in total. The van der Waals surface area contributed by atoms with Crippen LogP contribution in [-0.4, -0.2) is 26.2 Å². The smallest absolute Gasteiger partial charge is 0.312 e. The lowest BCUT2D eigenvalue weighted by molar-refractivity contribution is -0.120. The van der Waals surface area contributed by atoms with Crippen molar-refractivity contribution < 1.29 is 18.4 Å². The van der Waals surface area contributed by atoms with E-state index >= 15 is 0 Å². The summed E-state index contributed by atoms with van der Waals surface area (Å²) in [5.74, 6) is -0.290. The Labute approximate surface area is 103 Å². The molecule has 1 atom stereocenters. The zero-order valence-electron chi connectivity index (χ0n) is 10.6. The molecule has 0 aliphatic heterocycles. The lowest BCUT2D eigenvalue weighted by Crippen LogP contribution is -2.16. The molecule has 0 aromatic heterocycles. The van der Waals surface area contributed by atoms with Crippen molar-refractivity contribution in [2.45, 2.75) is 32.6 Å². The molecule has 0 bridgehead atoms. The molecule has 0 amide bonds. The Balaban J connectivity index is 4.06. The van der Waals surface area contributed by atoms with Crippen LogP contribution < -0.4 is 0 Å². The highest BCUT2D eigenvalue weighted by Crippen LogP contribution is 2.46. The predicted octanol–water partition coefficient (Wildman–Crippen LogP) is 2.76. The largest absolute Gasteiger partial charge is 0.337 e. The quantitative estimate of drug-likeness (QED) is 0.471. The Morgan fingerprint density at radius 2 is 1.94 bits per heavy atom. The standard InChI is InChI=1S/C11H20NO4P/c1-10(7-5-4-6-8-12)11(13)9-17(14,15-2)16-3/h10H,4-7,9H2,1-3H3. The van der Waals surface area contributed by atoms with E-state index in [1.165, 1.54) is 14.2 Å². The molecule has 0 heterocycles. The lowest BCUT2D eigenvalue weighted by Gasteiger charge is -2.15. The van der Waals surface area contributed by atoms with E-state index in [-0.39, 0.29) is 17.9 Å². The second-order valence-corrected chi connectivity index (χ2v) is 6.17. The van der Waals surface area contributed by atoms with E-state index in [0.717, 1.165) is 12.8 Å². The van der Waals surface area contributed by atoms with Crippen molar-refractivity contribution in [1.82, 2.24) is 0 Å². The maximum absolute atomic E-state index is 11.7. The molecule has 0 saturated heterocycles. The van der Waals surface area contributed by atoms with Gasteiger partial charge in [0.1, 0.15) is 11.9 Å². The van der Waals surface area contributed by atoms with Gasteiger partial charge >= 0.3 is 7.60 Å². The van der Waals surface area contributed by atoms with Crippen LogP contribution in [0.4, 0.5) is 0 Å². The number of Topliss-reactive ketones (excluding diaryl/α,β-unsaturated/α-hetero) is 1. The number of hydrogen-bond donors (Lipinski definition) is 0. The van der Waals surface area contributed by atoms with Crippen molar-refractivity contribution in [1.29, 1.82) is 5.26 Å². The fraction of sp³-hybridized carbons (Fsp3) is 0.818.